The average Bonchev–Trinajstić information content (AvgIpc) is 3.54. The number of anilines is 1. The molecule has 0 saturated carbocycles. The fourth-order valence-electron chi connectivity index (χ4n) is 4.65. The highest BCUT2D eigenvalue weighted by Gasteiger charge is 2.30. The van der Waals surface area contributed by atoms with Crippen molar-refractivity contribution in [2.45, 2.75) is 31.8 Å². The third-order valence-electron chi connectivity index (χ3n) is 6.64. The van der Waals surface area contributed by atoms with Crippen LogP contribution in [0.15, 0.2) is 66.7 Å². The number of carbonyl (C=O) groups is 2. The van der Waals surface area contributed by atoms with Gasteiger partial charge in [-0.15, -0.1) is 0 Å². The van der Waals surface area contributed by atoms with Crippen molar-refractivity contribution in [3.63, 3.8) is 0 Å². The minimum atomic E-state index is -0.374. The zero-order valence-electron chi connectivity index (χ0n) is 20.3. The monoisotopic (exact) mass is 535 g/mol. The predicted molar refractivity (Wildman–Crippen MR) is 147 cm³/mol. The summed E-state index contributed by atoms with van der Waals surface area (Å²) in [5.41, 5.74) is 3.36. The number of fused-ring (bicyclic) bond motifs is 1. The number of nitrogens with one attached hydrogen (secondary N) is 3. The molecule has 3 N–H and O–H groups in total. The van der Waals surface area contributed by atoms with Gasteiger partial charge in [0.05, 0.1) is 27.7 Å². The van der Waals surface area contributed by atoms with Crippen LogP contribution in [0.2, 0.25) is 10.0 Å². The highest BCUT2D eigenvalue weighted by Crippen LogP contribution is 2.26. The third-order valence-corrected chi connectivity index (χ3v) is 7.18. The Bertz CT molecular complexity index is 1440. The normalized spacial score (nSPS) is 16.1. The molecule has 0 bridgehead atoms. The van der Waals surface area contributed by atoms with Crippen molar-refractivity contribution in [1.82, 2.24) is 20.2 Å². The van der Waals surface area contributed by atoms with E-state index in [1.807, 2.05) is 48.2 Å². The Labute approximate surface area is 225 Å². The summed E-state index contributed by atoms with van der Waals surface area (Å²) >= 11 is 12.6. The van der Waals surface area contributed by atoms with Gasteiger partial charge in [0.1, 0.15) is 5.82 Å². The maximum Gasteiger partial charge on any atom is 0.255 e. The molecule has 0 aliphatic carbocycles. The van der Waals surface area contributed by atoms with E-state index in [1.54, 1.807) is 30.3 Å². The van der Waals surface area contributed by atoms with Crippen molar-refractivity contribution in [1.29, 1.82) is 0 Å². The van der Waals surface area contributed by atoms with Crippen molar-refractivity contribution < 1.29 is 9.59 Å². The number of nitrogens with zero attached hydrogens (tertiary/aromatic N) is 2. The molecule has 1 aromatic heterocycles. The van der Waals surface area contributed by atoms with Crippen LogP contribution in [0, 0.1) is 0 Å². The Hall–Kier alpha value is -3.55. The van der Waals surface area contributed by atoms with Crippen molar-refractivity contribution in [3.8, 4) is 0 Å². The molecule has 0 unspecified atom stereocenters. The number of hydrogen-bond donors (Lipinski definition) is 3. The zero-order chi connectivity index (χ0) is 25.9. The van der Waals surface area contributed by atoms with E-state index >= 15 is 0 Å². The lowest BCUT2D eigenvalue weighted by Crippen LogP contribution is -2.39. The number of likely N-dealkylation sites (tertiary alicyclic amines) is 1. The second kappa shape index (κ2) is 10.8. The first-order chi connectivity index (χ1) is 17.9. The Morgan fingerprint density at radius 1 is 1.11 bits per heavy atom. The predicted octanol–water partition coefficient (Wildman–Crippen LogP) is 6.08. The van der Waals surface area contributed by atoms with Gasteiger partial charge in [0.25, 0.3) is 11.8 Å². The van der Waals surface area contributed by atoms with Crippen LogP contribution in [0.4, 0.5) is 5.69 Å². The van der Waals surface area contributed by atoms with Gasteiger partial charge in [0, 0.05) is 35.4 Å². The largest absolute Gasteiger partial charge is 0.383 e. The lowest BCUT2D eigenvalue weighted by molar-refractivity contribution is 0.0743. The van der Waals surface area contributed by atoms with Gasteiger partial charge in [0.2, 0.25) is 0 Å². The van der Waals surface area contributed by atoms with E-state index in [0.29, 0.717) is 35.1 Å². The molecule has 37 heavy (non-hydrogen) atoms. The standard InChI is InChI=1S/C28H27Cl2N5O2/c1-17(26-33-24-12-10-19(29)15-25(24)34-26)32-27(36)18-9-11-22(23(30)14-18)28(37)35-13-5-8-21(35)16-31-20-6-3-2-4-7-20/h2-4,6-7,9-12,14-15,17,21,31H,5,8,13,16H2,1H3,(H,32,36)(H,33,34)/t17-,21-/m0/s1. The molecule has 7 nitrogen and oxygen atoms in total. The first-order valence-electron chi connectivity index (χ1n) is 12.2. The lowest BCUT2D eigenvalue weighted by atomic mass is 10.1. The molecule has 190 valence electrons. The third kappa shape index (κ3) is 5.58. The number of halogens is 2. The number of imidazole rings is 1. The lowest BCUT2D eigenvalue weighted by Gasteiger charge is -2.26. The van der Waals surface area contributed by atoms with Gasteiger partial charge in [-0.1, -0.05) is 41.4 Å². The maximum atomic E-state index is 13.3. The first-order valence-corrected chi connectivity index (χ1v) is 13.0. The van der Waals surface area contributed by atoms with Crippen LogP contribution in [-0.4, -0.2) is 45.8 Å². The second-order valence-electron chi connectivity index (χ2n) is 9.21. The molecule has 1 fully saturated rings. The van der Waals surface area contributed by atoms with Crippen molar-refractivity contribution in [2.24, 2.45) is 0 Å². The number of rotatable bonds is 7. The minimum Gasteiger partial charge on any atom is -0.383 e. The number of para-hydroxylation sites is 1. The number of H-pyrrole nitrogens is 1. The van der Waals surface area contributed by atoms with E-state index < -0.39 is 0 Å². The van der Waals surface area contributed by atoms with Crippen LogP contribution >= 0.6 is 23.2 Å². The highest BCUT2D eigenvalue weighted by molar-refractivity contribution is 6.34. The van der Waals surface area contributed by atoms with Gasteiger partial charge in [0.15, 0.2) is 0 Å². The quantitative estimate of drug-likeness (QED) is 0.267. The van der Waals surface area contributed by atoms with Gasteiger partial charge >= 0.3 is 0 Å². The molecule has 2 heterocycles. The van der Waals surface area contributed by atoms with Crippen molar-refractivity contribution in [2.75, 3.05) is 18.4 Å². The van der Waals surface area contributed by atoms with Crippen LogP contribution in [0.3, 0.4) is 0 Å². The number of aromatic nitrogens is 2. The summed E-state index contributed by atoms with van der Waals surface area (Å²) in [6, 6.07) is 19.8. The molecule has 4 aromatic rings. The summed E-state index contributed by atoms with van der Waals surface area (Å²) in [7, 11) is 0. The van der Waals surface area contributed by atoms with Crippen LogP contribution in [0.1, 0.15) is 52.3 Å². The molecule has 9 heteroatoms. The fraction of sp³-hybridized carbons (Fsp3) is 0.250. The molecule has 1 saturated heterocycles. The van der Waals surface area contributed by atoms with E-state index in [0.717, 1.165) is 29.6 Å². The van der Waals surface area contributed by atoms with Gasteiger partial charge in [-0.2, -0.15) is 0 Å². The molecule has 1 aliphatic rings. The van der Waals surface area contributed by atoms with Crippen molar-refractivity contribution in [3.05, 3.63) is 93.7 Å². The Morgan fingerprint density at radius 3 is 2.70 bits per heavy atom. The van der Waals surface area contributed by atoms with Crippen LogP contribution in [0.25, 0.3) is 11.0 Å². The maximum absolute atomic E-state index is 13.3. The number of benzene rings is 3. The molecule has 2 amide bonds. The van der Waals surface area contributed by atoms with Crippen LogP contribution in [0.5, 0.6) is 0 Å². The second-order valence-corrected chi connectivity index (χ2v) is 10.1. The fourth-order valence-corrected chi connectivity index (χ4v) is 5.08. The Kier molecular flexibility index (Phi) is 7.35. The Morgan fingerprint density at radius 2 is 1.92 bits per heavy atom. The number of amides is 2. The SMILES string of the molecule is C[C@H](NC(=O)c1ccc(C(=O)N2CCC[C@H]2CNc2ccccc2)c(Cl)c1)c1nc2ccc(Cl)cc2[nH]1. The van der Waals surface area contributed by atoms with Gasteiger partial charge in [-0.25, -0.2) is 4.98 Å². The summed E-state index contributed by atoms with van der Waals surface area (Å²) in [6.45, 7) is 3.19. The van der Waals surface area contributed by atoms with Gasteiger partial charge in [-0.3, -0.25) is 9.59 Å². The smallest absolute Gasteiger partial charge is 0.255 e. The highest BCUT2D eigenvalue weighted by atomic mass is 35.5. The summed E-state index contributed by atoms with van der Waals surface area (Å²) in [4.78, 5) is 35.8. The van der Waals surface area contributed by atoms with E-state index in [9.17, 15) is 9.59 Å². The number of hydrogen-bond acceptors (Lipinski definition) is 4. The van der Waals surface area contributed by atoms with Crippen LogP contribution < -0.4 is 10.6 Å². The number of carbonyl (C=O) groups excluding carboxylic acids is 2. The summed E-state index contributed by atoms with van der Waals surface area (Å²) < 4.78 is 0. The van der Waals surface area contributed by atoms with E-state index in [4.69, 9.17) is 23.2 Å². The molecule has 5 rings (SSSR count). The van der Waals surface area contributed by atoms with E-state index in [2.05, 4.69) is 20.6 Å². The molecular formula is C28H27Cl2N5O2. The summed E-state index contributed by atoms with van der Waals surface area (Å²) in [5.74, 6) is 0.189. The van der Waals surface area contributed by atoms with Gasteiger partial charge < -0.3 is 20.5 Å². The molecule has 2 atom stereocenters. The van der Waals surface area contributed by atoms with E-state index in [1.165, 1.54) is 0 Å². The Balaban J connectivity index is 1.24. The topological polar surface area (TPSA) is 90.1 Å². The zero-order valence-corrected chi connectivity index (χ0v) is 21.8. The molecule has 3 aromatic carbocycles. The van der Waals surface area contributed by atoms with Gasteiger partial charge in [-0.05, 0) is 68.3 Å². The van der Waals surface area contributed by atoms with Crippen LogP contribution in [-0.2, 0) is 0 Å². The molecule has 1 aliphatic heterocycles. The average molecular weight is 536 g/mol. The molecule has 0 spiro atoms. The first kappa shape index (κ1) is 25.1. The molecule has 0 radical (unpaired) electrons. The summed E-state index contributed by atoms with van der Waals surface area (Å²) in [5, 5.41) is 7.20. The van der Waals surface area contributed by atoms with E-state index in [-0.39, 0.29) is 28.9 Å². The van der Waals surface area contributed by atoms with Crippen molar-refractivity contribution >= 4 is 51.7 Å². The minimum absolute atomic E-state index is 0.0753. The summed E-state index contributed by atoms with van der Waals surface area (Å²) in [6.07, 6.45) is 1.87. The number of aromatic amines is 1. The molecular weight excluding hydrogens is 509 g/mol.